The minimum absolute atomic E-state index is 0.00423. The molecule has 33 heavy (non-hydrogen) atoms. The molecule has 1 amide bonds. The summed E-state index contributed by atoms with van der Waals surface area (Å²) in [5.74, 6) is 0.637. The van der Waals surface area contributed by atoms with E-state index in [9.17, 15) is 4.79 Å². The number of carbonyl (C=O) groups is 1. The molecule has 0 saturated carbocycles. The molecular formula is C27H37N5O. The summed E-state index contributed by atoms with van der Waals surface area (Å²) in [7, 11) is 1.87. The summed E-state index contributed by atoms with van der Waals surface area (Å²) >= 11 is 0. The maximum absolute atomic E-state index is 13.1. The second-order valence-corrected chi connectivity index (χ2v) is 9.24. The van der Waals surface area contributed by atoms with E-state index in [-0.39, 0.29) is 5.91 Å². The van der Waals surface area contributed by atoms with E-state index in [0.717, 1.165) is 56.9 Å². The molecule has 1 saturated heterocycles. The van der Waals surface area contributed by atoms with Gasteiger partial charge in [0.25, 0.3) is 5.91 Å². The van der Waals surface area contributed by atoms with Crippen LogP contribution in [-0.2, 0) is 6.54 Å². The van der Waals surface area contributed by atoms with E-state index in [1.165, 1.54) is 17.5 Å². The summed E-state index contributed by atoms with van der Waals surface area (Å²) in [5, 5.41) is 3.58. The zero-order chi connectivity index (χ0) is 23.2. The van der Waals surface area contributed by atoms with Crippen molar-refractivity contribution in [1.29, 1.82) is 0 Å². The van der Waals surface area contributed by atoms with Gasteiger partial charge in [-0.15, -0.1) is 0 Å². The molecule has 6 nitrogen and oxygen atoms in total. The number of hydrogen-bond donors (Lipinski definition) is 1. The van der Waals surface area contributed by atoms with Crippen molar-refractivity contribution >= 4 is 11.6 Å². The highest BCUT2D eigenvalue weighted by molar-refractivity contribution is 5.94. The number of likely N-dealkylation sites (tertiary alicyclic amines) is 1. The molecule has 1 aliphatic heterocycles. The third-order valence-electron chi connectivity index (χ3n) is 6.82. The quantitative estimate of drug-likeness (QED) is 0.476. The maximum atomic E-state index is 13.1. The number of nitrogens with one attached hydrogen (secondary N) is 1. The predicted molar refractivity (Wildman–Crippen MR) is 134 cm³/mol. The molecule has 0 aliphatic carbocycles. The normalized spacial score (nSPS) is 16.5. The van der Waals surface area contributed by atoms with Gasteiger partial charge in [-0.05, 0) is 55.5 Å². The molecule has 1 atom stereocenters. The molecule has 1 aromatic carbocycles. The number of imidazole rings is 1. The number of aryl methyl sites for hydroxylation is 1. The average molecular weight is 448 g/mol. The summed E-state index contributed by atoms with van der Waals surface area (Å²) in [4.78, 5) is 22.1. The van der Waals surface area contributed by atoms with Crippen LogP contribution < -0.4 is 5.32 Å². The topological polar surface area (TPSA) is 52.9 Å². The van der Waals surface area contributed by atoms with Gasteiger partial charge >= 0.3 is 0 Å². The fraction of sp³-hybridized carbons (Fsp3) is 0.481. The maximum Gasteiger partial charge on any atom is 0.274 e. The number of carbonyl (C=O) groups excluding carboxylic acids is 1. The number of hydrogen-bond acceptors (Lipinski definition) is 4. The van der Waals surface area contributed by atoms with Gasteiger partial charge in [-0.25, -0.2) is 4.98 Å². The highest BCUT2D eigenvalue weighted by Crippen LogP contribution is 2.28. The Kier molecular flexibility index (Phi) is 7.78. The number of fused-ring (bicyclic) bond motifs is 1. The van der Waals surface area contributed by atoms with Gasteiger partial charge in [0.05, 0.1) is 5.69 Å². The fourth-order valence-corrected chi connectivity index (χ4v) is 4.84. The number of rotatable bonds is 10. The number of amides is 1. The molecule has 3 heterocycles. The Hall–Kier alpha value is -2.70. The van der Waals surface area contributed by atoms with Crippen LogP contribution in [-0.4, -0.2) is 64.9 Å². The van der Waals surface area contributed by atoms with Crippen molar-refractivity contribution in [2.24, 2.45) is 0 Å². The van der Waals surface area contributed by atoms with Crippen LogP contribution in [0.1, 0.15) is 59.4 Å². The average Bonchev–Trinajstić information content (AvgIpc) is 3.45. The van der Waals surface area contributed by atoms with Crippen molar-refractivity contribution in [2.45, 2.75) is 45.6 Å². The molecule has 1 aliphatic rings. The first-order valence-corrected chi connectivity index (χ1v) is 12.3. The Labute approximate surface area is 197 Å². The first kappa shape index (κ1) is 23.5. The van der Waals surface area contributed by atoms with Crippen LogP contribution in [0, 0.1) is 6.92 Å². The molecule has 0 unspecified atom stereocenters. The van der Waals surface area contributed by atoms with Gasteiger partial charge in [0.15, 0.2) is 5.69 Å². The third-order valence-corrected chi connectivity index (χ3v) is 6.82. The molecule has 1 fully saturated rings. The zero-order valence-corrected chi connectivity index (χ0v) is 20.3. The molecule has 0 radical (unpaired) electrons. The Morgan fingerprint density at radius 3 is 2.85 bits per heavy atom. The Balaban J connectivity index is 1.35. The first-order valence-electron chi connectivity index (χ1n) is 12.3. The summed E-state index contributed by atoms with van der Waals surface area (Å²) in [6, 6.07) is 14.7. The van der Waals surface area contributed by atoms with Crippen molar-refractivity contribution in [1.82, 2.24) is 24.5 Å². The molecule has 0 bridgehead atoms. The lowest BCUT2D eigenvalue weighted by Crippen LogP contribution is -2.32. The summed E-state index contributed by atoms with van der Waals surface area (Å²) in [6.07, 6.45) is 5.29. The highest BCUT2D eigenvalue weighted by atomic mass is 16.2. The second-order valence-electron chi connectivity index (χ2n) is 9.24. The van der Waals surface area contributed by atoms with Crippen molar-refractivity contribution in [2.75, 3.05) is 39.8 Å². The van der Waals surface area contributed by atoms with Gasteiger partial charge in [0, 0.05) is 46.0 Å². The molecule has 3 aromatic rings. The van der Waals surface area contributed by atoms with Crippen LogP contribution in [0.2, 0.25) is 0 Å². The standard InChI is InChI=1S/C27H37N5O/c1-4-5-15-30(3)27(33)26-24(32-16-9-8-12-25(32)29-26)19-28-14-18-31-17-13-22(20-31)23-11-7-6-10-21(23)2/h6-12,16,22,28H,4-5,13-15,17-20H2,1-3H3/t22-/m0/s1. The lowest BCUT2D eigenvalue weighted by Gasteiger charge is -2.18. The lowest BCUT2D eigenvalue weighted by atomic mass is 9.94. The molecule has 4 rings (SSSR count). The van der Waals surface area contributed by atoms with Crippen molar-refractivity contribution in [3.05, 3.63) is 71.2 Å². The van der Waals surface area contributed by atoms with Gasteiger partial charge in [-0.2, -0.15) is 0 Å². The number of nitrogens with zero attached hydrogens (tertiary/aromatic N) is 4. The number of pyridine rings is 1. The van der Waals surface area contributed by atoms with E-state index in [1.807, 2.05) is 35.8 Å². The SMILES string of the molecule is CCCCN(C)C(=O)c1nc2ccccn2c1CNCCN1CC[C@H](c2ccccc2C)C1. The van der Waals surface area contributed by atoms with Crippen LogP contribution in [0.5, 0.6) is 0 Å². The third kappa shape index (κ3) is 5.45. The van der Waals surface area contributed by atoms with Crippen LogP contribution >= 0.6 is 0 Å². The Morgan fingerprint density at radius 1 is 1.21 bits per heavy atom. The number of unbranched alkanes of at least 4 members (excludes halogenated alkanes) is 1. The van der Waals surface area contributed by atoms with Crippen LogP contribution in [0.3, 0.4) is 0 Å². The smallest absolute Gasteiger partial charge is 0.274 e. The molecule has 0 spiro atoms. The van der Waals surface area contributed by atoms with Crippen LogP contribution in [0.15, 0.2) is 48.7 Å². The van der Waals surface area contributed by atoms with Gasteiger partial charge in [0.1, 0.15) is 5.65 Å². The predicted octanol–water partition coefficient (Wildman–Crippen LogP) is 4.09. The monoisotopic (exact) mass is 447 g/mol. The largest absolute Gasteiger partial charge is 0.340 e. The van der Waals surface area contributed by atoms with E-state index in [1.54, 1.807) is 4.90 Å². The Morgan fingerprint density at radius 2 is 2.03 bits per heavy atom. The first-order chi connectivity index (χ1) is 16.1. The van der Waals surface area contributed by atoms with Gasteiger partial charge in [-0.3, -0.25) is 4.79 Å². The molecule has 1 N–H and O–H groups in total. The minimum atomic E-state index is 0.00423. The summed E-state index contributed by atoms with van der Waals surface area (Å²) < 4.78 is 2.04. The zero-order valence-electron chi connectivity index (χ0n) is 20.3. The molecular weight excluding hydrogens is 410 g/mol. The Bertz CT molecular complexity index is 1080. The van der Waals surface area contributed by atoms with E-state index < -0.39 is 0 Å². The van der Waals surface area contributed by atoms with E-state index in [4.69, 9.17) is 0 Å². The van der Waals surface area contributed by atoms with Crippen LogP contribution in [0.25, 0.3) is 5.65 Å². The second kappa shape index (κ2) is 10.9. The van der Waals surface area contributed by atoms with E-state index in [0.29, 0.717) is 18.2 Å². The van der Waals surface area contributed by atoms with Crippen molar-refractivity contribution < 1.29 is 4.79 Å². The number of benzene rings is 1. The van der Waals surface area contributed by atoms with Crippen LogP contribution in [0.4, 0.5) is 0 Å². The van der Waals surface area contributed by atoms with E-state index in [2.05, 4.69) is 53.3 Å². The number of aromatic nitrogens is 2. The minimum Gasteiger partial charge on any atom is -0.340 e. The molecule has 176 valence electrons. The molecule has 6 heteroatoms. The molecule has 2 aromatic heterocycles. The van der Waals surface area contributed by atoms with Gasteiger partial charge in [-0.1, -0.05) is 43.7 Å². The summed E-state index contributed by atoms with van der Waals surface area (Å²) in [5.41, 5.74) is 5.22. The van der Waals surface area contributed by atoms with Crippen molar-refractivity contribution in [3.8, 4) is 0 Å². The van der Waals surface area contributed by atoms with Crippen molar-refractivity contribution in [3.63, 3.8) is 0 Å². The van der Waals surface area contributed by atoms with E-state index >= 15 is 0 Å². The highest BCUT2D eigenvalue weighted by Gasteiger charge is 2.25. The van der Waals surface area contributed by atoms with Gasteiger partial charge < -0.3 is 19.5 Å². The lowest BCUT2D eigenvalue weighted by molar-refractivity contribution is 0.0787. The fourth-order valence-electron chi connectivity index (χ4n) is 4.84. The summed E-state index contributed by atoms with van der Waals surface area (Å²) in [6.45, 7) is 9.90. The van der Waals surface area contributed by atoms with Gasteiger partial charge in [0.2, 0.25) is 0 Å².